The van der Waals surface area contributed by atoms with Gasteiger partial charge < -0.3 is 9.64 Å². The SMILES string of the molecule is COc1cc(N2CCS(=O)(=O)C(C)C2)ccc1[N+](=O)[O-]. The van der Waals surface area contributed by atoms with Gasteiger partial charge in [-0.1, -0.05) is 0 Å². The van der Waals surface area contributed by atoms with Gasteiger partial charge in [0.25, 0.3) is 0 Å². The first-order valence-corrected chi connectivity index (χ1v) is 7.85. The lowest BCUT2D eigenvalue weighted by Gasteiger charge is -2.32. The summed E-state index contributed by atoms with van der Waals surface area (Å²) >= 11 is 0. The van der Waals surface area contributed by atoms with Crippen molar-refractivity contribution >= 4 is 21.2 Å². The van der Waals surface area contributed by atoms with Gasteiger partial charge in [-0.3, -0.25) is 10.1 Å². The average molecular weight is 300 g/mol. The smallest absolute Gasteiger partial charge is 0.311 e. The second kappa shape index (κ2) is 5.28. The summed E-state index contributed by atoms with van der Waals surface area (Å²) in [5.41, 5.74) is 0.628. The second-order valence-corrected chi connectivity index (χ2v) is 7.28. The molecule has 1 atom stereocenters. The van der Waals surface area contributed by atoms with Crippen molar-refractivity contribution in [1.82, 2.24) is 0 Å². The van der Waals surface area contributed by atoms with Gasteiger partial charge >= 0.3 is 5.69 Å². The van der Waals surface area contributed by atoms with E-state index < -0.39 is 20.0 Å². The van der Waals surface area contributed by atoms with Crippen LogP contribution in [0.5, 0.6) is 5.75 Å². The summed E-state index contributed by atoms with van der Waals surface area (Å²) < 4.78 is 28.4. The normalized spacial score (nSPS) is 21.5. The van der Waals surface area contributed by atoms with Crippen molar-refractivity contribution in [2.45, 2.75) is 12.2 Å². The molecule has 1 aliphatic rings. The molecule has 1 unspecified atom stereocenters. The molecule has 0 spiro atoms. The van der Waals surface area contributed by atoms with Gasteiger partial charge in [-0.05, 0) is 13.0 Å². The molecule has 0 amide bonds. The Labute approximate surface area is 117 Å². The van der Waals surface area contributed by atoms with Crippen LogP contribution in [0.4, 0.5) is 11.4 Å². The Morgan fingerprint density at radius 1 is 1.45 bits per heavy atom. The topological polar surface area (TPSA) is 89.8 Å². The minimum atomic E-state index is -3.02. The second-order valence-electron chi connectivity index (χ2n) is 4.74. The lowest BCUT2D eigenvalue weighted by Crippen LogP contribution is -2.45. The third-order valence-corrected chi connectivity index (χ3v) is 5.59. The summed E-state index contributed by atoms with van der Waals surface area (Å²) in [4.78, 5) is 12.2. The fraction of sp³-hybridized carbons (Fsp3) is 0.500. The summed E-state index contributed by atoms with van der Waals surface area (Å²) in [5.74, 6) is 0.265. The van der Waals surface area contributed by atoms with Crippen LogP contribution in [0.2, 0.25) is 0 Å². The molecule has 1 fully saturated rings. The maximum atomic E-state index is 11.7. The molecule has 0 bridgehead atoms. The molecule has 0 aliphatic carbocycles. The Morgan fingerprint density at radius 3 is 2.70 bits per heavy atom. The van der Waals surface area contributed by atoms with Crippen LogP contribution in [-0.4, -0.2) is 44.5 Å². The molecule has 2 rings (SSSR count). The molecule has 8 heteroatoms. The van der Waals surface area contributed by atoms with E-state index in [4.69, 9.17) is 4.74 Å². The molecule has 1 aromatic carbocycles. The lowest BCUT2D eigenvalue weighted by atomic mass is 10.2. The van der Waals surface area contributed by atoms with Crippen molar-refractivity contribution < 1.29 is 18.1 Å². The Kier molecular flexibility index (Phi) is 3.85. The Hall–Kier alpha value is -1.83. The van der Waals surface area contributed by atoms with Gasteiger partial charge in [-0.25, -0.2) is 8.42 Å². The van der Waals surface area contributed by atoms with Crippen molar-refractivity contribution in [3.63, 3.8) is 0 Å². The molecule has 0 radical (unpaired) electrons. The quantitative estimate of drug-likeness (QED) is 0.616. The zero-order chi connectivity index (χ0) is 14.9. The van der Waals surface area contributed by atoms with E-state index >= 15 is 0 Å². The number of rotatable bonds is 3. The molecular formula is C12H16N2O5S. The van der Waals surface area contributed by atoms with Crippen molar-refractivity contribution in [2.24, 2.45) is 0 Å². The molecule has 0 aromatic heterocycles. The van der Waals surface area contributed by atoms with E-state index in [0.29, 0.717) is 13.1 Å². The van der Waals surface area contributed by atoms with E-state index in [1.54, 1.807) is 19.1 Å². The summed E-state index contributed by atoms with van der Waals surface area (Å²) in [6.45, 7) is 2.43. The van der Waals surface area contributed by atoms with Gasteiger partial charge in [0, 0.05) is 30.9 Å². The van der Waals surface area contributed by atoms with Gasteiger partial charge in [-0.15, -0.1) is 0 Å². The van der Waals surface area contributed by atoms with Crippen LogP contribution in [-0.2, 0) is 9.84 Å². The molecule has 1 aromatic rings. The van der Waals surface area contributed by atoms with E-state index in [1.165, 1.54) is 13.2 Å². The van der Waals surface area contributed by atoms with E-state index in [0.717, 1.165) is 5.69 Å². The van der Waals surface area contributed by atoms with E-state index in [-0.39, 0.29) is 17.2 Å². The highest BCUT2D eigenvalue weighted by atomic mass is 32.2. The number of ether oxygens (including phenoxy) is 1. The minimum absolute atomic E-state index is 0.0907. The summed E-state index contributed by atoms with van der Waals surface area (Å²) in [6, 6.07) is 4.57. The standard InChI is InChI=1S/C12H16N2O5S/c1-9-8-13(5-6-20(9,17)18)10-3-4-11(14(15)16)12(7-10)19-2/h3-4,7,9H,5-6,8H2,1-2H3. The van der Waals surface area contributed by atoms with E-state index in [2.05, 4.69) is 0 Å². The number of nitro groups is 1. The van der Waals surface area contributed by atoms with Crippen molar-refractivity contribution in [1.29, 1.82) is 0 Å². The third kappa shape index (κ3) is 2.69. The van der Waals surface area contributed by atoms with Crippen LogP contribution in [0.15, 0.2) is 18.2 Å². The van der Waals surface area contributed by atoms with Crippen molar-refractivity contribution in [3.8, 4) is 5.75 Å². The highest BCUT2D eigenvalue weighted by Gasteiger charge is 2.30. The number of methoxy groups -OCH3 is 1. The first kappa shape index (κ1) is 14.6. The summed E-state index contributed by atoms with van der Waals surface area (Å²) in [7, 11) is -1.65. The van der Waals surface area contributed by atoms with Crippen LogP contribution in [0.1, 0.15) is 6.92 Å². The van der Waals surface area contributed by atoms with Gasteiger partial charge in [-0.2, -0.15) is 0 Å². The molecule has 0 N–H and O–H groups in total. The van der Waals surface area contributed by atoms with E-state index in [9.17, 15) is 18.5 Å². The molecule has 1 aliphatic heterocycles. The van der Waals surface area contributed by atoms with Crippen LogP contribution in [0, 0.1) is 10.1 Å². The zero-order valence-electron chi connectivity index (χ0n) is 11.3. The van der Waals surface area contributed by atoms with Gasteiger partial charge in [0.2, 0.25) is 0 Å². The highest BCUT2D eigenvalue weighted by molar-refractivity contribution is 7.92. The zero-order valence-corrected chi connectivity index (χ0v) is 12.1. The number of nitrogens with zero attached hydrogens (tertiary/aromatic N) is 2. The fourth-order valence-corrected chi connectivity index (χ4v) is 3.49. The minimum Gasteiger partial charge on any atom is -0.490 e. The Balaban J connectivity index is 2.29. The van der Waals surface area contributed by atoms with Crippen LogP contribution >= 0.6 is 0 Å². The monoisotopic (exact) mass is 300 g/mol. The van der Waals surface area contributed by atoms with Gasteiger partial charge in [0.15, 0.2) is 15.6 Å². The first-order chi connectivity index (χ1) is 9.35. The van der Waals surface area contributed by atoms with Crippen molar-refractivity contribution in [2.75, 3.05) is 30.9 Å². The van der Waals surface area contributed by atoms with Gasteiger partial charge in [0.1, 0.15) is 0 Å². The number of benzene rings is 1. The Bertz CT molecular complexity index is 629. The molecule has 7 nitrogen and oxygen atoms in total. The third-order valence-electron chi connectivity index (χ3n) is 3.46. The number of anilines is 1. The van der Waals surface area contributed by atoms with Crippen LogP contribution in [0.3, 0.4) is 0 Å². The number of nitro benzene ring substituents is 1. The molecule has 0 saturated carbocycles. The first-order valence-electron chi connectivity index (χ1n) is 6.14. The number of hydrogen-bond donors (Lipinski definition) is 0. The maximum Gasteiger partial charge on any atom is 0.311 e. The predicted molar refractivity (Wildman–Crippen MR) is 75.1 cm³/mol. The summed E-state index contributed by atoms with van der Waals surface area (Å²) in [5, 5.41) is 10.4. The maximum absolute atomic E-state index is 11.7. The largest absolute Gasteiger partial charge is 0.490 e. The average Bonchev–Trinajstić information content (AvgIpc) is 2.41. The number of hydrogen-bond acceptors (Lipinski definition) is 6. The molecule has 1 heterocycles. The summed E-state index contributed by atoms with van der Waals surface area (Å²) in [6.07, 6.45) is 0. The van der Waals surface area contributed by atoms with Crippen LogP contribution in [0.25, 0.3) is 0 Å². The molecular weight excluding hydrogens is 284 g/mol. The van der Waals surface area contributed by atoms with Crippen LogP contribution < -0.4 is 9.64 Å². The lowest BCUT2D eigenvalue weighted by molar-refractivity contribution is -0.385. The van der Waals surface area contributed by atoms with Crippen molar-refractivity contribution in [3.05, 3.63) is 28.3 Å². The molecule has 110 valence electrons. The fourth-order valence-electron chi connectivity index (χ4n) is 2.20. The number of sulfone groups is 1. The highest BCUT2D eigenvalue weighted by Crippen LogP contribution is 2.32. The molecule has 20 heavy (non-hydrogen) atoms. The van der Waals surface area contributed by atoms with Gasteiger partial charge in [0.05, 0.1) is 23.0 Å². The molecule has 1 saturated heterocycles. The van der Waals surface area contributed by atoms with E-state index in [1.807, 2.05) is 4.90 Å². The predicted octanol–water partition coefficient (Wildman–Crippen LogP) is 1.23. The Morgan fingerprint density at radius 2 is 2.15 bits per heavy atom.